The lowest BCUT2D eigenvalue weighted by Gasteiger charge is -2.35. The summed E-state index contributed by atoms with van der Waals surface area (Å²) < 4.78 is 0. The minimum Gasteiger partial charge on any atom is -0.508 e. The van der Waals surface area contributed by atoms with Gasteiger partial charge in [-0.05, 0) is 131 Å². The molecule has 7 heterocycles. The monoisotopic (exact) mass is 1820 g/mol. The molecule has 38 heteroatoms. The molecule has 0 radical (unpaired) electrons. The zero-order valence-electron chi connectivity index (χ0n) is 74.6. The number of H-pyrrole nitrogens is 3. The van der Waals surface area contributed by atoms with Crippen LogP contribution in [0, 0.1) is 29.6 Å². The molecule has 0 saturated carbocycles. The molecule has 0 aliphatic carbocycles. The minimum atomic E-state index is -1.71. The minimum absolute atomic E-state index is 0.00708. The molecule has 4 aliphatic heterocycles. The van der Waals surface area contributed by atoms with Crippen LogP contribution in [0.15, 0.2) is 97.7 Å². The fraction of sp³-hybridized carbons (Fsp3) is 0.543. The van der Waals surface area contributed by atoms with Crippen molar-refractivity contribution in [3.05, 3.63) is 120 Å². The van der Waals surface area contributed by atoms with E-state index in [1.165, 1.54) is 77.4 Å². The van der Waals surface area contributed by atoms with E-state index in [2.05, 4.69) is 51.8 Å². The number of hydrogen-bond acceptors (Lipinski definition) is 22. The van der Waals surface area contributed by atoms with Crippen molar-refractivity contribution >= 4 is 133 Å². The van der Waals surface area contributed by atoms with Crippen LogP contribution in [0.5, 0.6) is 5.75 Å². The number of primary amides is 2. The quantitative estimate of drug-likeness (QED) is 0.0461. The zero-order chi connectivity index (χ0) is 94.2. The van der Waals surface area contributed by atoms with Gasteiger partial charge in [0.05, 0.1) is 55.7 Å². The van der Waals surface area contributed by atoms with Crippen LogP contribution in [0.2, 0.25) is 0 Å². The Morgan fingerprint density at radius 2 is 1.10 bits per heavy atom. The lowest BCUT2D eigenvalue weighted by Crippen LogP contribution is -2.58. The number of aromatic nitrogens is 4. The number of amides is 13. The van der Waals surface area contributed by atoms with Crippen molar-refractivity contribution in [3.63, 3.8) is 0 Å². The van der Waals surface area contributed by atoms with Gasteiger partial charge >= 0.3 is 0 Å². The number of rotatable bonds is 22. The van der Waals surface area contributed by atoms with Gasteiger partial charge in [0.1, 0.15) is 53.8 Å². The van der Waals surface area contributed by atoms with Crippen LogP contribution in [-0.2, 0) is 107 Å². The molecule has 4 aliphatic rings. The summed E-state index contributed by atoms with van der Waals surface area (Å²) in [4.78, 5) is 270. The molecule has 1 unspecified atom stereocenters. The molecule has 0 bridgehead atoms. The number of nitrogens with one attached hydrogen (secondary N) is 9. The molecule has 3 aromatic heterocycles. The Hall–Kier alpha value is -12.2. The Bertz CT molecular complexity index is 5060. The highest BCUT2D eigenvalue weighted by atomic mass is 32.2. The summed E-state index contributed by atoms with van der Waals surface area (Å²) in [6.45, 7) is 5.50. The predicted octanol–water partition coefficient (Wildman–Crippen LogP) is 1.91. The third kappa shape index (κ3) is 26.5. The molecule has 6 aromatic rings. The maximum absolute atomic E-state index is 15.7. The van der Waals surface area contributed by atoms with Gasteiger partial charge in [0.2, 0.25) is 76.8 Å². The first kappa shape index (κ1) is 100.0. The summed E-state index contributed by atoms with van der Waals surface area (Å²) in [5.74, 6) is -19.1. The van der Waals surface area contributed by atoms with Crippen molar-refractivity contribution in [2.45, 2.75) is 223 Å². The number of para-hydroxylation sites is 2. The molecule has 37 nitrogen and oxygen atoms in total. The van der Waals surface area contributed by atoms with Crippen molar-refractivity contribution in [2.75, 3.05) is 64.9 Å². The highest BCUT2D eigenvalue weighted by Crippen LogP contribution is 2.33. The molecule has 14 atom stereocenters. The number of phenols is 1. The number of aliphatic hydroxyl groups is 1. The van der Waals surface area contributed by atoms with E-state index >= 15 is 43.2 Å². The number of hydrogen-bond donors (Lipinski definition) is 14. The topological polar surface area (TPSA) is 557 Å². The molecular formula is C92H124N18O19S. The maximum Gasteiger partial charge on any atom is 0.246 e. The van der Waals surface area contributed by atoms with E-state index in [9.17, 15) is 48.6 Å². The number of phenolic OH excluding ortho intramolecular Hbond substituents is 1. The zero-order valence-corrected chi connectivity index (χ0v) is 75.4. The third-order valence-electron chi connectivity index (χ3n) is 25.1. The van der Waals surface area contributed by atoms with Crippen molar-refractivity contribution in [3.8, 4) is 5.75 Å². The number of aromatic amines is 3. The average molecular weight is 1820 g/mol. The highest BCUT2D eigenvalue weighted by Gasteiger charge is 2.47. The molecule has 13 amide bonds. The highest BCUT2D eigenvalue weighted by molar-refractivity contribution is 8.00. The van der Waals surface area contributed by atoms with Crippen LogP contribution >= 0.6 is 11.8 Å². The van der Waals surface area contributed by atoms with Crippen molar-refractivity contribution < 1.29 is 91.7 Å². The molecule has 702 valence electrons. The van der Waals surface area contributed by atoms with E-state index in [1.807, 2.05) is 57.2 Å². The Kier molecular flexibility index (Phi) is 36.4. The van der Waals surface area contributed by atoms with Crippen molar-refractivity contribution in [1.29, 1.82) is 0 Å². The van der Waals surface area contributed by atoms with Crippen LogP contribution in [0.1, 0.15) is 159 Å². The van der Waals surface area contributed by atoms with Crippen LogP contribution in [0.3, 0.4) is 0 Å². The number of benzene rings is 3. The van der Waals surface area contributed by atoms with Gasteiger partial charge in [-0.2, -0.15) is 0 Å². The molecule has 10 rings (SSSR count). The molecule has 3 aromatic carbocycles. The number of aromatic hydroxyl groups is 1. The fourth-order valence-corrected chi connectivity index (χ4v) is 18.8. The summed E-state index contributed by atoms with van der Waals surface area (Å²) in [5.41, 5.74) is 20.7. The van der Waals surface area contributed by atoms with Crippen LogP contribution < -0.4 is 49.1 Å². The van der Waals surface area contributed by atoms with Gasteiger partial charge in [0, 0.05) is 148 Å². The molecular weight excluding hydrogens is 1690 g/mol. The first-order valence-corrected chi connectivity index (χ1v) is 46.0. The van der Waals surface area contributed by atoms with Crippen molar-refractivity contribution in [1.82, 2.24) is 76.3 Å². The largest absolute Gasteiger partial charge is 0.508 e. The van der Waals surface area contributed by atoms with E-state index in [0.717, 1.165) is 16.7 Å². The number of carbonyl (C=O) groups is 17. The van der Waals surface area contributed by atoms with E-state index in [4.69, 9.17) is 17.2 Å². The number of unbranched alkanes of at least 4 members (excludes halogenated alkanes) is 1. The number of fused-ring (bicyclic) bond motifs is 5. The summed E-state index contributed by atoms with van der Waals surface area (Å²) >= 11 is 0.820. The lowest BCUT2D eigenvalue weighted by atomic mass is 9.83. The first-order chi connectivity index (χ1) is 62.2. The number of aliphatic hydroxyl groups excluding tert-OH is 1. The van der Waals surface area contributed by atoms with Gasteiger partial charge in [0.25, 0.3) is 0 Å². The maximum atomic E-state index is 15.7. The Balaban J connectivity index is 0.993. The van der Waals surface area contributed by atoms with Crippen LogP contribution in [0.25, 0.3) is 21.8 Å². The molecule has 130 heavy (non-hydrogen) atoms. The van der Waals surface area contributed by atoms with E-state index in [-0.39, 0.29) is 121 Å². The number of likely N-dealkylation sites (N-methyl/N-ethyl adjacent to an activating group) is 2. The van der Waals surface area contributed by atoms with E-state index in [0.29, 0.717) is 69.9 Å². The van der Waals surface area contributed by atoms with Crippen LogP contribution in [0.4, 0.5) is 0 Å². The second-order valence-electron chi connectivity index (χ2n) is 35.0. The number of Topliss-reactive ketones (excluding diaryl/α,β-unsaturated/α-hetero) is 4. The normalized spacial score (nSPS) is 25.4. The summed E-state index contributed by atoms with van der Waals surface area (Å²) in [6.07, 6.45) is 5.59. The summed E-state index contributed by atoms with van der Waals surface area (Å²) in [6, 6.07) is 6.37. The average Bonchev–Trinajstić information content (AvgIpc) is 1.55. The predicted molar refractivity (Wildman–Crippen MR) is 481 cm³/mol. The second-order valence-corrected chi connectivity index (χ2v) is 36.1. The van der Waals surface area contributed by atoms with E-state index < -0.39 is 235 Å². The number of ketones is 4. The lowest BCUT2D eigenvalue weighted by molar-refractivity contribution is -0.149. The number of thioether (sulfide) groups is 1. The van der Waals surface area contributed by atoms with Crippen molar-refractivity contribution in [2.24, 2.45) is 46.8 Å². The Labute approximate surface area is 758 Å². The SMILES string of the molecule is CCCC[C@H]1C(=O)N2CCC[C@@H]2C(=O)C[C@@H](CCCN)C(=O)N[C@H](C(=O)NCC(N)=O)CSCC(=O)N[C@@H](Cc2ccc(O)cc2)C(=O)N(C)[C@@H](C)C(=O)N[C@@H](CC(N)=O)C(=O)N2CCC[C@H]2C(=O)C[C@@H](Cc2cnc[nH]2)C(=O)C[C@@H](CC(C)C)C(=O)N2CCCC2C(=O)N[C@@H](Cc2c[nH]c3ccccc23)C(=O)C[C@@H](CO)C(=O)N[C@@H](Cc2c[nH]c3ccccc23)C(=O)N1C. The standard InChI is InChI=1S/C92H124N18O19S/c1-7-8-22-75-92(129)109-32-15-24-73(109)78(115)39-55(17-13-30-93)84(121)105-71(86(123)99-47-81(95)118)49-130-50-82(119)101-68(35-54-26-28-62(112)29-27-54)89(126)106(5)53(4)83(120)103-70(43-80(94)117)91(128)108-31-14-23-72(108)79(116)40-56(36-61-46-96-51-100-61)76(113)41-57(34-52(2)3)88(125)110-33-16-25-74(110)87(124)102-67(37-58-44-97-65-20-11-9-18-63(58)65)77(114)42-60(48-111)85(122)104-69(90(127)107(75)6)38-59-45-98-66-21-12-10-19-64(59)66/h9-12,18-21,26-29,44-46,51-53,55-57,60,67-75,97-98,111-112H,7-8,13-17,22-25,30-43,47-50,93H2,1-6H3,(H2,94,117)(H2,95,118)(H,96,100)(H,99,123)(H,101,119)(H,102,124)(H,103,120)(H,104,122)(H,105,121)/t53-,55+,56+,57+,60-,67-,68-,69-,70-,71-,72-,73+,74?,75-/m0/s1. The molecule has 17 N–H and O–H groups in total. The number of nitrogens with two attached hydrogens (primary N) is 3. The van der Waals surface area contributed by atoms with Gasteiger partial charge in [-0.3, -0.25) is 81.5 Å². The van der Waals surface area contributed by atoms with Gasteiger partial charge in [-0.15, -0.1) is 11.8 Å². The first-order valence-electron chi connectivity index (χ1n) is 44.8. The Morgan fingerprint density at radius 1 is 0.554 bits per heavy atom. The molecule has 4 saturated heterocycles. The van der Waals surface area contributed by atoms with Gasteiger partial charge in [-0.25, -0.2) is 4.98 Å². The summed E-state index contributed by atoms with van der Waals surface area (Å²) in [5, 5.41) is 39.0. The van der Waals surface area contributed by atoms with Gasteiger partial charge in [0.15, 0.2) is 17.3 Å². The number of nitrogens with zero attached hydrogens (tertiary/aromatic N) is 6. The molecule has 4 fully saturated rings. The number of carbonyl (C=O) groups excluding carboxylic acids is 17. The van der Waals surface area contributed by atoms with Crippen LogP contribution in [-0.4, -0.2) is 280 Å². The second kappa shape index (κ2) is 47.4. The van der Waals surface area contributed by atoms with Gasteiger partial charge in [-0.1, -0.05) is 82.1 Å². The summed E-state index contributed by atoms with van der Waals surface area (Å²) in [7, 11) is 2.67. The van der Waals surface area contributed by atoms with Gasteiger partial charge < -0.3 is 98.8 Å². The third-order valence-corrected chi connectivity index (χ3v) is 26.2. The fourth-order valence-electron chi connectivity index (χ4n) is 17.9. The number of imidazole rings is 1. The van der Waals surface area contributed by atoms with E-state index in [1.54, 1.807) is 24.5 Å². The smallest absolute Gasteiger partial charge is 0.246 e. The Morgan fingerprint density at radius 3 is 1.68 bits per heavy atom. The molecule has 0 spiro atoms.